The molecule has 0 aliphatic heterocycles. The van der Waals surface area contributed by atoms with E-state index in [1.165, 1.54) is 6.08 Å². The van der Waals surface area contributed by atoms with Gasteiger partial charge in [0.15, 0.2) is 18.1 Å². The summed E-state index contributed by atoms with van der Waals surface area (Å²) in [5.74, 6) is 0.209. The van der Waals surface area contributed by atoms with Gasteiger partial charge in [-0.05, 0) is 61.7 Å². The normalized spacial score (nSPS) is 10.6. The molecule has 2 rings (SSSR count). The summed E-state index contributed by atoms with van der Waals surface area (Å²) in [5.41, 5.74) is 3.50. The topological polar surface area (TPSA) is 73.9 Å². The Labute approximate surface area is 165 Å². The van der Waals surface area contributed by atoms with Gasteiger partial charge in [0.25, 0.3) is 5.91 Å². The van der Waals surface area contributed by atoms with Crippen molar-refractivity contribution in [1.29, 1.82) is 0 Å². The van der Waals surface area contributed by atoms with Crippen molar-refractivity contribution in [2.24, 2.45) is 0 Å². The first-order chi connectivity index (χ1) is 13.4. The summed E-state index contributed by atoms with van der Waals surface area (Å²) in [6.45, 7) is 5.95. The van der Waals surface area contributed by atoms with Gasteiger partial charge in [-0.2, -0.15) is 0 Å². The highest BCUT2D eigenvalue weighted by Crippen LogP contribution is 2.28. The highest BCUT2D eigenvalue weighted by atomic mass is 16.5. The lowest BCUT2D eigenvalue weighted by atomic mass is 10.1. The van der Waals surface area contributed by atoms with Gasteiger partial charge >= 0.3 is 5.97 Å². The standard InChI is InChI=1S/C22H25NO5/c1-5-27-19-11-9-17(13-20(19)26-4)10-12-22(25)28-14-21(24)23-18-8-6-7-15(2)16(18)3/h6-13H,5,14H2,1-4H3,(H,23,24)/b12-10+. The maximum atomic E-state index is 12.0. The van der Waals surface area contributed by atoms with E-state index in [4.69, 9.17) is 14.2 Å². The number of methoxy groups -OCH3 is 1. The molecule has 0 atom stereocenters. The number of nitrogens with one attached hydrogen (secondary N) is 1. The first-order valence-electron chi connectivity index (χ1n) is 8.96. The molecule has 2 aromatic carbocycles. The summed E-state index contributed by atoms with van der Waals surface area (Å²) in [7, 11) is 1.55. The largest absolute Gasteiger partial charge is 0.493 e. The molecule has 0 saturated heterocycles. The summed E-state index contributed by atoms with van der Waals surface area (Å²) in [6.07, 6.45) is 2.85. The van der Waals surface area contributed by atoms with E-state index in [9.17, 15) is 9.59 Å². The Kier molecular flexibility index (Phi) is 7.63. The molecule has 148 valence electrons. The Bertz CT molecular complexity index is 873. The Hall–Kier alpha value is -3.28. The van der Waals surface area contributed by atoms with Crippen LogP contribution < -0.4 is 14.8 Å². The minimum absolute atomic E-state index is 0.358. The van der Waals surface area contributed by atoms with E-state index >= 15 is 0 Å². The predicted molar refractivity (Wildman–Crippen MR) is 109 cm³/mol. The van der Waals surface area contributed by atoms with Gasteiger partial charge in [0.2, 0.25) is 0 Å². The maximum absolute atomic E-state index is 12.0. The molecular formula is C22H25NO5. The van der Waals surface area contributed by atoms with E-state index in [0.717, 1.165) is 16.7 Å². The number of carbonyl (C=O) groups excluding carboxylic acids is 2. The highest BCUT2D eigenvalue weighted by Gasteiger charge is 2.09. The molecule has 1 N–H and O–H groups in total. The number of hydrogen-bond donors (Lipinski definition) is 1. The van der Waals surface area contributed by atoms with Crippen molar-refractivity contribution in [2.75, 3.05) is 25.6 Å². The van der Waals surface area contributed by atoms with Gasteiger partial charge in [0, 0.05) is 11.8 Å². The van der Waals surface area contributed by atoms with E-state index in [1.807, 2.05) is 32.9 Å². The fourth-order valence-corrected chi connectivity index (χ4v) is 2.48. The zero-order valence-electron chi connectivity index (χ0n) is 16.6. The van der Waals surface area contributed by atoms with Crippen LogP contribution in [0.25, 0.3) is 6.08 Å². The van der Waals surface area contributed by atoms with Gasteiger partial charge in [0.05, 0.1) is 13.7 Å². The van der Waals surface area contributed by atoms with Crippen LogP contribution in [0.15, 0.2) is 42.5 Å². The molecular weight excluding hydrogens is 358 g/mol. The molecule has 0 heterocycles. The van der Waals surface area contributed by atoms with Crippen molar-refractivity contribution in [3.8, 4) is 11.5 Å². The van der Waals surface area contributed by atoms with Crippen LogP contribution in [0.4, 0.5) is 5.69 Å². The number of carbonyl (C=O) groups is 2. The lowest BCUT2D eigenvalue weighted by Gasteiger charge is -2.10. The second-order valence-corrected chi connectivity index (χ2v) is 6.08. The molecule has 0 aliphatic carbocycles. The van der Waals surface area contributed by atoms with Crippen LogP contribution in [0.1, 0.15) is 23.6 Å². The van der Waals surface area contributed by atoms with Crippen LogP contribution in [0.5, 0.6) is 11.5 Å². The fourth-order valence-electron chi connectivity index (χ4n) is 2.48. The molecule has 6 nitrogen and oxygen atoms in total. The molecule has 0 unspecified atom stereocenters. The average Bonchev–Trinajstić information content (AvgIpc) is 2.69. The predicted octanol–water partition coefficient (Wildman–Crippen LogP) is 3.91. The zero-order chi connectivity index (χ0) is 20.5. The van der Waals surface area contributed by atoms with Crippen molar-refractivity contribution < 1.29 is 23.8 Å². The summed E-state index contributed by atoms with van der Waals surface area (Å²) in [6, 6.07) is 10.9. The first-order valence-corrected chi connectivity index (χ1v) is 8.96. The lowest BCUT2D eigenvalue weighted by molar-refractivity contribution is -0.142. The van der Waals surface area contributed by atoms with Crippen molar-refractivity contribution in [3.63, 3.8) is 0 Å². The third-order valence-corrected chi connectivity index (χ3v) is 4.12. The number of amides is 1. The smallest absolute Gasteiger partial charge is 0.331 e. The van der Waals surface area contributed by atoms with Gasteiger partial charge in [-0.15, -0.1) is 0 Å². The number of anilines is 1. The Morgan fingerprint density at radius 1 is 1.11 bits per heavy atom. The molecule has 0 aliphatic rings. The van der Waals surface area contributed by atoms with Crippen molar-refractivity contribution in [3.05, 3.63) is 59.2 Å². The summed E-state index contributed by atoms with van der Waals surface area (Å²) in [4.78, 5) is 23.9. The van der Waals surface area contributed by atoms with Crippen LogP contribution in [0, 0.1) is 13.8 Å². The van der Waals surface area contributed by atoms with Crippen molar-refractivity contribution in [2.45, 2.75) is 20.8 Å². The van der Waals surface area contributed by atoms with Gasteiger partial charge < -0.3 is 19.5 Å². The van der Waals surface area contributed by atoms with Gasteiger partial charge in [-0.3, -0.25) is 4.79 Å². The molecule has 0 bridgehead atoms. The Morgan fingerprint density at radius 3 is 2.61 bits per heavy atom. The second-order valence-electron chi connectivity index (χ2n) is 6.08. The molecule has 2 aromatic rings. The number of benzene rings is 2. The molecule has 0 spiro atoms. The van der Waals surface area contributed by atoms with Crippen molar-refractivity contribution >= 4 is 23.6 Å². The highest BCUT2D eigenvalue weighted by molar-refractivity contribution is 5.95. The van der Waals surface area contributed by atoms with Crippen LogP contribution in [-0.2, 0) is 14.3 Å². The summed E-state index contributed by atoms with van der Waals surface area (Å²) in [5, 5.41) is 2.74. The molecule has 6 heteroatoms. The molecule has 0 saturated carbocycles. The van der Waals surface area contributed by atoms with E-state index in [2.05, 4.69) is 5.32 Å². The van der Waals surface area contributed by atoms with Crippen LogP contribution >= 0.6 is 0 Å². The van der Waals surface area contributed by atoms with Gasteiger partial charge in [-0.25, -0.2) is 4.79 Å². The van der Waals surface area contributed by atoms with E-state index in [1.54, 1.807) is 37.5 Å². The lowest BCUT2D eigenvalue weighted by Crippen LogP contribution is -2.20. The quantitative estimate of drug-likeness (QED) is 0.553. The first kappa shape index (κ1) is 21.0. The van der Waals surface area contributed by atoms with Gasteiger partial charge in [0.1, 0.15) is 0 Å². The molecule has 0 fully saturated rings. The third-order valence-electron chi connectivity index (χ3n) is 4.12. The maximum Gasteiger partial charge on any atom is 0.331 e. The molecule has 0 aromatic heterocycles. The van der Waals surface area contributed by atoms with Crippen LogP contribution in [-0.4, -0.2) is 32.2 Å². The number of aryl methyl sites for hydroxylation is 1. The van der Waals surface area contributed by atoms with E-state index in [0.29, 0.717) is 23.8 Å². The average molecular weight is 383 g/mol. The third kappa shape index (κ3) is 5.87. The Morgan fingerprint density at radius 2 is 1.89 bits per heavy atom. The molecule has 28 heavy (non-hydrogen) atoms. The van der Waals surface area contributed by atoms with Crippen LogP contribution in [0.3, 0.4) is 0 Å². The number of hydrogen-bond acceptors (Lipinski definition) is 5. The molecule has 1 amide bonds. The minimum Gasteiger partial charge on any atom is -0.493 e. The molecule has 0 radical (unpaired) electrons. The number of ether oxygens (including phenoxy) is 3. The van der Waals surface area contributed by atoms with Crippen molar-refractivity contribution in [1.82, 2.24) is 0 Å². The Balaban J connectivity index is 1.89. The monoisotopic (exact) mass is 383 g/mol. The fraction of sp³-hybridized carbons (Fsp3) is 0.273. The number of esters is 1. The van der Waals surface area contributed by atoms with Crippen LogP contribution in [0.2, 0.25) is 0 Å². The number of rotatable bonds is 8. The summed E-state index contributed by atoms with van der Waals surface area (Å²) >= 11 is 0. The van der Waals surface area contributed by atoms with E-state index in [-0.39, 0.29) is 6.61 Å². The zero-order valence-corrected chi connectivity index (χ0v) is 16.6. The minimum atomic E-state index is -0.607. The second kappa shape index (κ2) is 10.2. The van der Waals surface area contributed by atoms with Gasteiger partial charge in [-0.1, -0.05) is 18.2 Å². The van der Waals surface area contributed by atoms with E-state index < -0.39 is 11.9 Å². The SMILES string of the molecule is CCOc1ccc(/C=C/C(=O)OCC(=O)Nc2cccc(C)c2C)cc1OC. The summed E-state index contributed by atoms with van der Waals surface area (Å²) < 4.78 is 15.7.